The third-order valence-electron chi connectivity index (χ3n) is 1.84. The van der Waals surface area contributed by atoms with Gasteiger partial charge in [-0.3, -0.25) is 0 Å². The molecular formula is C9H10ClF2N. The molecule has 1 atom stereocenters. The van der Waals surface area contributed by atoms with Crippen LogP contribution < -0.4 is 5.73 Å². The van der Waals surface area contributed by atoms with Crippen molar-refractivity contribution in [3.8, 4) is 0 Å². The molecule has 4 heteroatoms. The minimum Gasteiger partial charge on any atom is -0.319 e. The zero-order chi connectivity index (χ0) is 10.0. The lowest BCUT2D eigenvalue weighted by Gasteiger charge is -2.11. The third-order valence-corrected chi connectivity index (χ3v) is 2.26. The number of benzene rings is 1. The molecule has 0 saturated carbocycles. The van der Waals surface area contributed by atoms with Gasteiger partial charge in [0.2, 0.25) is 0 Å². The molecule has 1 aromatic carbocycles. The number of hydrogen-bond acceptors (Lipinski definition) is 1. The van der Waals surface area contributed by atoms with E-state index in [4.69, 9.17) is 17.3 Å². The summed E-state index contributed by atoms with van der Waals surface area (Å²) in [5, 5.41) is 0.560. The average Bonchev–Trinajstić information content (AvgIpc) is 2.08. The second-order valence-corrected chi connectivity index (χ2v) is 3.28. The van der Waals surface area contributed by atoms with Crippen LogP contribution in [-0.4, -0.2) is 6.43 Å². The lowest BCUT2D eigenvalue weighted by molar-refractivity contribution is 0.116. The van der Waals surface area contributed by atoms with E-state index in [-0.39, 0.29) is 0 Å². The van der Waals surface area contributed by atoms with Crippen molar-refractivity contribution in [1.29, 1.82) is 0 Å². The Morgan fingerprint density at radius 1 is 1.38 bits per heavy atom. The van der Waals surface area contributed by atoms with Gasteiger partial charge in [0.05, 0.1) is 6.04 Å². The number of alkyl halides is 2. The Morgan fingerprint density at radius 2 is 2.00 bits per heavy atom. The largest absolute Gasteiger partial charge is 0.319 e. The molecule has 2 N–H and O–H groups in total. The molecule has 0 aliphatic rings. The molecule has 0 fully saturated rings. The normalized spacial score (nSPS) is 13.4. The maximum Gasteiger partial charge on any atom is 0.257 e. The van der Waals surface area contributed by atoms with Gasteiger partial charge in [-0.15, -0.1) is 0 Å². The van der Waals surface area contributed by atoms with Gasteiger partial charge in [-0.25, -0.2) is 8.78 Å². The molecule has 0 amide bonds. The highest BCUT2D eigenvalue weighted by Gasteiger charge is 2.17. The first kappa shape index (κ1) is 10.4. The van der Waals surface area contributed by atoms with Crippen LogP contribution in [0.3, 0.4) is 0 Å². The molecule has 13 heavy (non-hydrogen) atoms. The first-order valence-electron chi connectivity index (χ1n) is 3.82. The zero-order valence-electron chi connectivity index (χ0n) is 7.10. The van der Waals surface area contributed by atoms with Crippen LogP contribution in [0.4, 0.5) is 8.78 Å². The van der Waals surface area contributed by atoms with Crippen molar-refractivity contribution in [3.05, 3.63) is 34.3 Å². The van der Waals surface area contributed by atoms with Gasteiger partial charge >= 0.3 is 0 Å². The van der Waals surface area contributed by atoms with Gasteiger partial charge < -0.3 is 5.73 Å². The van der Waals surface area contributed by atoms with Gasteiger partial charge in [-0.1, -0.05) is 23.7 Å². The van der Waals surface area contributed by atoms with E-state index in [1.165, 1.54) is 6.07 Å². The maximum atomic E-state index is 12.2. The minimum absolute atomic E-state index is 0.414. The zero-order valence-corrected chi connectivity index (χ0v) is 7.85. The van der Waals surface area contributed by atoms with Crippen LogP contribution in [0.2, 0.25) is 5.02 Å². The van der Waals surface area contributed by atoms with E-state index in [9.17, 15) is 8.78 Å². The summed E-state index contributed by atoms with van der Waals surface area (Å²) in [5.74, 6) is 0. The number of aryl methyl sites for hydroxylation is 1. The van der Waals surface area contributed by atoms with E-state index >= 15 is 0 Å². The molecule has 0 bridgehead atoms. The second kappa shape index (κ2) is 4.03. The fraction of sp³-hybridized carbons (Fsp3) is 0.333. The fourth-order valence-corrected chi connectivity index (χ4v) is 1.14. The van der Waals surface area contributed by atoms with Crippen LogP contribution in [0.15, 0.2) is 18.2 Å². The van der Waals surface area contributed by atoms with Gasteiger partial charge in [0, 0.05) is 5.02 Å². The van der Waals surface area contributed by atoms with E-state index in [0.29, 0.717) is 10.6 Å². The molecule has 0 aromatic heterocycles. The van der Waals surface area contributed by atoms with E-state index < -0.39 is 12.5 Å². The van der Waals surface area contributed by atoms with Crippen LogP contribution in [0.25, 0.3) is 0 Å². The number of nitrogens with two attached hydrogens (primary N) is 1. The summed E-state index contributed by atoms with van der Waals surface area (Å²) < 4.78 is 24.4. The highest BCUT2D eigenvalue weighted by Crippen LogP contribution is 2.22. The summed E-state index contributed by atoms with van der Waals surface area (Å²) in [4.78, 5) is 0. The smallest absolute Gasteiger partial charge is 0.257 e. The maximum absolute atomic E-state index is 12.2. The van der Waals surface area contributed by atoms with Crippen LogP contribution in [0, 0.1) is 6.92 Å². The van der Waals surface area contributed by atoms with Crippen molar-refractivity contribution >= 4 is 11.6 Å². The standard InChI is InChI=1S/C9H10ClF2N/c1-5-4-6(2-3-7(5)10)8(13)9(11)12/h2-4,8-9H,13H2,1H3/t8-/m1/s1. The SMILES string of the molecule is Cc1cc([C@@H](N)C(F)F)ccc1Cl. The van der Waals surface area contributed by atoms with Gasteiger partial charge in [0.25, 0.3) is 6.43 Å². The lowest BCUT2D eigenvalue weighted by atomic mass is 10.1. The van der Waals surface area contributed by atoms with Crippen LogP contribution >= 0.6 is 11.6 Å². The Labute approximate surface area is 80.5 Å². The summed E-state index contributed by atoms with van der Waals surface area (Å²) in [5.41, 5.74) is 6.44. The van der Waals surface area contributed by atoms with Gasteiger partial charge in [-0.05, 0) is 24.1 Å². The van der Waals surface area contributed by atoms with Crippen molar-refractivity contribution < 1.29 is 8.78 Å². The fourth-order valence-electron chi connectivity index (χ4n) is 1.02. The molecule has 0 aliphatic heterocycles. The minimum atomic E-state index is -2.54. The van der Waals surface area contributed by atoms with Crippen molar-refractivity contribution in [2.24, 2.45) is 5.73 Å². The summed E-state index contributed by atoms with van der Waals surface area (Å²) in [6.07, 6.45) is -2.54. The first-order chi connectivity index (χ1) is 6.02. The molecular weight excluding hydrogens is 196 g/mol. The van der Waals surface area contributed by atoms with E-state index in [0.717, 1.165) is 5.56 Å². The topological polar surface area (TPSA) is 26.0 Å². The molecule has 0 radical (unpaired) electrons. The molecule has 1 aromatic rings. The van der Waals surface area contributed by atoms with Gasteiger partial charge in [0.1, 0.15) is 0 Å². The van der Waals surface area contributed by atoms with Crippen molar-refractivity contribution in [2.45, 2.75) is 19.4 Å². The van der Waals surface area contributed by atoms with Crippen LogP contribution in [0.1, 0.15) is 17.2 Å². The summed E-state index contributed by atoms with van der Waals surface area (Å²) in [7, 11) is 0. The Balaban J connectivity index is 2.97. The third kappa shape index (κ3) is 2.39. The van der Waals surface area contributed by atoms with Gasteiger partial charge in [-0.2, -0.15) is 0 Å². The molecule has 0 aliphatic carbocycles. The lowest BCUT2D eigenvalue weighted by Crippen LogP contribution is -2.18. The number of halogens is 3. The molecule has 0 unspecified atom stereocenters. The average molecular weight is 206 g/mol. The Morgan fingerprint density at radius 3 is 2.46 bits per heavy atom. The monoisotopic (exact) mass is 205 g/mol. The number of rotatable bonds is 2. The van der Waals surface area contributed by atoms with Crippen molar-refractivity contribution in [3.63, 3.8) is 0 Å². The predicted molar refractivity (Wildman–Crippen MR) is 49.1 cm³/mol. The Hall–Kier alpha value is -0.670. The van der Waals surface area contributed by atoms with E-state index in [1.807, 2.05) is 0 Å². The van der Waals surface area contributed by atoms with Gasteiger partial charge in [0.15, 0.2) is 0 Å². The molecule has 1 nitrogen and oxygen atoms in total. The summed E-state index contributed by atoms with van der Waals surface area (Å²) in [6.45, 7) is 1.75. The predicted octanol–water partition coefficient (Wildman–Crippen LogP) is 2.91. The Kier molecular flexibility index (Phi) is 3.22. The van der Waals surface area contributed by atoms with Crippen LogP contribution in [-0.2, 0) is 0 Å². The first-order valence-corrected chi connectivity index (χ1v) is 4.20. The Bertz CT molecular complexity index is 302. The summed E-state index contributed by atoms with van der Waals surface area (Å²) in [6, 6.07) is 3.45. The highest BCUT2D eigenvalue weighted by molar-refractivity contribution is 6.31. The molecule has 0 saturated heterocycles. The summed E-state index contributed by atoms with van der Waals surface area (Å²) >= 11 is 5.74. The highest BCUT2D eigenvalue weighted by atomic mass is 35.5. The molecule has 1 rings (SSSR count). The molecule has 0 heterocycles. The second-order valence-electron chi connectivity index (χ2n) is 2.87. The number of hydrogen-bond donors (Lipinski definition) is 1. The van der Waals surface area contributed by atoms with E-state index in [2.05, 4.69) is 0 Å². The van der Waals surface area contributed by atoms with Crippen molar-refractivity contribution in [2.75, 3.05) is 0 Å². The van der Waals surface area contributed by atoms with Crippen molar-refractivity contribution in [1.82, 2.24) is 0 Å². The van der Waals surface area contributed by atoms with E-state index in [1.54, 1.807) is 19.1 Å². The van der Waals surface area contributed by atoms with Crippen LogP contribution in [0.5, 0.6) is 0 Å². The quantitative estimate of drug-likeness (QED) is 0.790. The molecule has 72 valence electrons. The molecule has 0 spiro atoms.